The van der Waals surface area contributed by atoms with Crippen molar-refractivity contribution >= 4 is 22.6 Å². The predicted molar refractivity (Wildman–Crippen MR) is 75.1 cm³/mol. The van der Waals surface area contributed by atoms with Gasteiger partial charge in [0.2, 0.25) is 0 Å². The van der Waals surface area contributed by atoms with E-state index < -0.39 is 0 Å². The van der Waals surface area contributed by atoms with Crippen LogP contribution >= 0.6 is 22.6 Å². The van der Waals surface area contributed by atoms with E-state index in [1.807, 2.05) is 30.3 Å². The first-order chi connectivity index (χ1) is 8.76. The average molecular weight is 346 g/mol. The summed E-state index contributed by atoms with van der Waals surface area (Å²) < 4.78 is 6.62. The summed E-state index contributed by atoms with van der Waals surface area (Å²) >= 11 is 2.14. The largest absolute Gasteiger partial charge is 0.453 e. The summed E-state index contributed by atoms with van der Waals surface area (Å²) in [5, 5.41) is 18.1. The van der Waals surface area contributed by atoms with E-state index in [0.717, 1.165) is 3.57 Å². The number of benzene rings is 2. The summed E-state index contributed by atoms with van der Waals surface area (Å²) in [4.78, 5) is 0. The smallest absolute Gasteiger partial charge is 0.162 e. The van der Waals surface area contributed by atoms with E-state index in [2.05, 4.69) is 22.6 Å². The molecule has 0 atom stereocenters. The zero-order chi connectivity index (χ0) is 13.0. The van der Waals surface area contributed by atoms with Gasteiger partial charge < -0.3 is 4.74 Å². The molecular weight excluding hydrogens is 339 g/mol. The lowest BCUT2D eigenvalue weighted by Crippen LogP contribution is -1.93. The van der Waals surface area contributed by atoms with Crippen LogP contribution in [0.4, 0.5) is 0 Å². The molecule has 0 amide bonds. The third kappa shape index (κ3) is 2.44. The number of ether oxygens (including phenoxy) is 1. The van der Waals surface area contributed by atoms with E-state index in [-0.39, 0.29) is 0 Å². The molecule has 0 aliphatic rings. The number of rotatable bonds is 2. The van der Waals surface area contributed by atoms with E-state index in [1.54, 1.807) is 24.3 Å². The first-order valence-corrected chi connectivity index (χ1v) is 6.19. The maximum Gasteiger partial charge on any atom is 0.162 e. The molecular formula is C14H7IN2O. The molecule has 0 unspecified atom stereocenters. The molecule has 0 saturated heterocycles. The van der Waals surface area contributed by atoms with Gasteiger partial charge in [0, 0.05) is 0 Å². The lowest BCUT2D eigenvalue weighted by Gasteiger charge is -2.10. The van der Waals surface area contributed by atoms with Crippen LogP contribution in [0.1, 0.15) is 11.1 Å². The molecule has 2 aromatic rings. The molecule has 0 saturated carbocycles. The van der Waals surface area contributed by atoms with Gasteiger partial charge in [0.1, 0.15) is 17.9 Å². The second-order valence-corrected chi connectivity index (χ2v) is 4.60. The van der Waals surface area contributed by atoms with Crippen molar-refractivity contribution in [2.75, 3.05) is 0 Å². The number of nitriles is 2. The first-order valence-electron chi connectivity index (χ1n) is 5.12. The van der Waals surface area contributed by atoms with Crippen LogP contribution in [0.15, 0.2) is 42.5 Å². The molecule has 4 heteroatoms. The quantitative estimate of drug-likeness (QED) is 0.777. The van der Waals surface area contributed by atoms with Crippen molar-refractivity contribution in [2.24, 2.45) is 0 Å². The van der Waals surface area contributed by atoms with E-state index in [9.17, 15) is 0 Å². The fraction of sp³-hybridized carbons (Fsp3) is 0. The molecule has 18 heavy (non-hydrogen) atoms. The lowest BCUT2D eigenvalue weighted by atomic mass is 10.1. The Morgan fingerprint density at radius 2 is 1.50 bits per heavy atom. The van der Waals surface area contributed by atoms with Crippen molar-refractivity contribution < 1.29 is 4.74 Å². The summed E-state index contributed by atoms with van der Waals surface area (Å²) in [5.74, 6) is 0.948. The Bertz CT molecular complexity index is 636. The molecule has 2 aromatic carbocycles. The molecule has 86 valence electrons. The van der Waals surface area contributed by atoms with Gasteiger partial charge in [-0.15, -0.1) is 0 Å². The molecule has 2 rings (SSSR count). The van der Waals surface area contributed by atoms with Gasteiger partial charge >= 0.3 is 0 Å². The highest BCUT2D eigenvalue weighted by molar-refractivity contribution is 14.1. The summed E-state index contributed by atoms with van der Waals surface area (Å²) in [6.45, 7) is 0. The maximum absolute atomic E-state index is 9.04. The van der Waals surface area contributed by atoms with Crippen molar-refractivity contribution in [3.05, 3.63) is 57.2 Å². The van der Waals surface area contributed by atoms with E-state index in [4.69, 9.17) is 15.3 Å². The van der Waals surface area contributed by atoms with Crippen LogP contribution in [0.3, 0.4) is 0 Å². The Labute approximate surface area is 118 Å². The Kier molecular flexibility index (Phi) is 3.81. The van der Waals surface area contributed by atoms with Gasteiger partial charge in [0.05, 0.1) is 14.7 Å². The second-order valence-electron chi connectivity index (χ2n) is 3.44. The molecule has 0 fully saturated rings. The minimum absolute atomic E-state index is 0.312. The monoisotopic (exact) mass is 346 g/mol. The van der Waals surface area contributed by atoms with Crippen LogP contribution < -0.4 is 4.74 Å². The normalized spacial score (nSPS) is 9.28. The Hall–Kier alpha value is -2.05. The first kappa shape index (κ1) is 12.4. The van der Waals surface area contributed by atoms with Gasteiger partial charge in [0.15, 0.2) is 5.75 Å². The predicted octanol–water partition coefficient (Wildman–Crippen LogP) is 3.83. The summed E-state index contributed by atoms with van der Waals surface area (Å²) in [7, 11) is 0. The summed E-state index contributed by atoms with van der Waals surface area (Å²) in [6.07, 6.45) is 0. The molecule has 0 aliphatic carbocycles. The summed E-state index contributed by atoms with van der Waals surface area (Å²) in [5.41, 5.74) is 0.711. The van der Waals surface area contributed by atoms with E-state index in [1.165, 1.54) is 0 Å². The number of halogens is 1. The van der Waals surface area contributed by atoms with Gasteiger partial charge in [0.25, 0.3) is 0 Å². The fourth-order valence-corrected chi connectivity index (χ4v) is 1.96. The number of nitrogens with zero attached hydrogens (tertiary/aromatic N) is 2. The fourth-order valence-electron chi connectivity index (χ4n) is 1.46. The minimum Gasteiger partial charge on any atom is -0.453 e. The SMILES string of the molecule is N#Cc1cccc(C#N)c1Oc1ccccc1I. The number of hydrogen-bond donors (Lipinski definition) is 0. The Morgan fingerprint density at radius 3 is 2.06 bits per heavy atom. The highest BCUT2D eigenvalue weighted by Crippen LogP contribution is 2.31. The summed E-state index contributed by atoms with van der Waals surface area (Å²) in [6, 6.07) is 16.4. The van der Waals surface area contributed by atoms with Crippen molar-refractivity contribution in [2.45, 2.75) is 0 Å². The number of hydrogen-bond acceptors (Lipinski definition) is 3. The molecule has 0 spiro atoms. The molecule has 3 nitrogen and oxygen atoms in total. The third-order valence-corrected chi connectivity index (χ3v) is 3.20. The van der Waals surface area contributed by atoms with Crippen molar-refractivity contribution in [3.8, 4) is 23.6 Å². The Morgan fingerprint density at radius 1 is 0.889 bits per heavy atom. The van der Waals surface area contributed by atoms with Crippen LogP contribution in [-0.4, -0.2) is 0 Å². The topological polar surface area (TPSA) is 56.8 Å². The van der Waals surface area contributed by atoms with Crippen molar-refractivity contribution in [1.29, 1.82) is 10.5 Å². The Balaban J connectivity index is 2.50. The molecule has 0 aliphatic heterocycles. The molecule has 0 N–H and O–H groups in total. The maximum atomic E-state index is 9.04. The molecule has 0 bridgehead atoms. The van der Waals surface area contributed by atoms with E-state index in [0.29, 0.717) is 22.6 Å². The van der Waals surface area contributed by atoms with Gasteiger partial charge in [-0.2, -0.15) is 10.5 Å². The van der Waals surface area contributed by atoms with Crippen molar-refractivity contribution in [3.63, 3.8) is 0 Å². The van der Waals surface area contributed by atoms with Crippen LogP contribution in [0.2, 0.25) is 0 Å². The van der Waals surface area contributed by atoms with Crippen LogP contribution in [0, 0.1) is 26.2 Å². The second kappa shape index (κ2) is 5.52. The van der Waals surface area contributed by atoms with Gasteiger partial charge in [-0.3, -0.25) is 0 Å². The minimum atomic E-state index is 0.312. The average Bonchev–Trinajstić information content (AvgIpc) is 2.41. The van der Waals surface area contributed by atoms with Gasteiger partial charge in [-0.1, -0.05) is 18.2 Å². The van der Waals surface area contributed by atoms with Crippen LogP contribution in [0.5, 0.6) is 11.5 Å². The number of para-hydroxylation sites is 2. The van der Waals surface area contributed by atoms with Crippen molar-refractivity contribution in [1.82, 2.24) is 0 Å². The van der Waals surface area contributed by atoms with Crippen LogP contribution in [0.25, 0.3) is 0 Å². The molecule has 0 radical (unpaired) electrons. The standard InChI is InChI=1S/C14H7IN2O/c15-12-6-1-2-7-13(12)18-14-10(8-16)4-3-5-11(14)9-17/h1-7H. The zero-order valence-electron chi connectivity index (χ0n) is 9.22. The zero-order valence-corrected chi connectivity index (χ0v) is 11.4. The van der Waals surface area contributed by atoms with E-state index >= 15 is 0 Å². The third-order valence-electron chi connectivity index (χ3n) is 2.30. The highest BCUT2D eigenvalue weighted by atomic mass is 127. The van der Waals surface area contributed by atoms with Gasteiger partial charge in [-0.25, -0.2) is 0 Å². The lowest BCUT2D eigenvalue weighted by molar-refractivity contribution is 0.476. The van der Waals surface area contributed by atoms with Gasteiger partial charge in [-0.05, 0) is 46.9 Å². The highest BCUT2D eigenvalue weighted by Gasteiger charge is 2.11. The van der Waals surface area contributed by atoms with Crippen LogP contribution in [-0.2, 0) is 0 Å². The molecule has 0 heterocycles. The molecule has 0 aromatic heterocycles.